The molecular weight excluding hydrogens is 230 g/mol. The van der Waals surface area contributed by atoms with Crippen molar-refractivity contribution >= 4 is 11.6 Å². The number of H-pyrrole nitrogens is 1. The van der Waals surface area contributed by atoms with E-state index in [1.54, 1.807) is 0 Å². The van der Waals surface area contributed by atoms with Gasteiger partial charge in [-0.3, -0.25) is 0 Å². The van der Waals surface area contributed by atoms with Gasteiger partial charge in [0, 0.05) is 22.8 Å². The molecule has 0 fully saturated rings. The second-order valence-corrected chi connectivity index (χ2v) is 5.29. The number of rotatable bonds is 3. The number of aromatic nitrogens is 1. The summed E-state index contributed by atoms with van der Waals surface area (Å²) in [4.78, 5) is 3.51. The number of benzene rings is 1. The molecule has 1 aromatic heterocycles. The van der Waals surface area contributed by atoms with E-state index in [0.717, 1.165) is 11.4 Å². The van der Waals surface area contributed by atoms with Crippen LogP contribution in [0.5, 0.6) is 0 Å². The van der Waals surface area contributed by atoms with Crippen molar-refractivity contribution in [1.82, 2.24) is 4.98 Å². The molecule has 1 heterocycles. The van der Waals surface area contributed by atoms with Crippen molar-refractivity contribution in [2.45, 2.75) is 33.1 Å². The quantitative estimate of drug-likeness (QED) is 0.810. The monoisotopic (exact) mass is 247 g/mol. The van der Waals surface area contributed by atoms with Gasteiger partial charge in [0.1, 0.15) is 0 Å². The normalized spacial score (nSPS) is 11.1. The van der Waals surface area contributed by atoms with Gasteiger partial charge in [0.15, 0.2) is 0 Å². The summed E-state index contributed by atoms with van der Waals surface area (Å²) in [6.07, 6.45) is 0.911. The zero-order valence-electron chi connectivity index (χ0n) is 10.5. The van der Waals surface area contributed by atoms with Crippen LogP contribution in [0.4, 0.5) is 0 Å². The molecule has 0 saturated carbocycles. The molecule has 0 bridgehead atoms. The largest absolute Gasteiger partial charge is 0.362 e. The van der Waals surface area contributed by atoms with Gasteiger partial charge in [0.05, 0.1) is 0 Å². The Morgan fingerprint density at radius 3 is 2.59 bits per heavy atom. The zero-order valence-corrected chi connectivity index (χ0v) is 11.3. The molecule has 1 nitrogen and oxygen atoms in total. The topological polar surface area (TPSA) is 15.8 Å². The van der Waals surface area contributed by atoms with Crippen LogP contribution in [0, 0.1) is 6.92 Å². The average molecular weight is 248 g/mol. The van der Waals surface area contributed by atoms with Crippen LogP contribution in [0.15, 0.2) is 30.3 Å². The van der Waals surface area contributed by atoms with Crippen molar-refractivity contribution in [3.63, 3.8) is 0 Å². The molecule has 1 N–H and O–H groups in total. The van der Waals surface area contributed by atoms with Crippen molar-refractivity contribution in [2.24, 2.45) is 0 Å². The molecule has 2 heteroatoms. The smallest absolute Gasteiger partial charge is 0.0408 e. The first kappa shape index (κ1) is 12.3. The molecule has 90 valence electrons. The summed E-state index contributed by atoms with van der Waals surface area (Å²) in [5.74, 6) is 0.545. The number of nitrogens with one attached hydrogen (secondary N) is 1. The molecule has 0 aliphatic rings. The van der Waals surface area contributed by atoms with Crippen LogP contribution in [-0.2, 0) is 6.42 Å². The van der Waals surface area contributed by atoms with Gasteiger partial charge in [-0.1, -0.05) is 37.6 Å². The summed E-state index contributed by atoms with van der Waals surface area (Å²) in [7, 11) is 0. The minimum Gasteiger partial charge on any atom is -0.362 e. The minimum absolute atomic E-state index is 0.545. The molecule has 2 aromatic rings. The number of hydrogen-bond acceptors (Lipinski definition) is 0. The Kier molecular flexibility index (Phi) is 3.58. The van der Waals surface area contributed by atoms with E-state index in [4.69, 9.17) is 11.6 Å². The Labute approximate surface area is 108 Å². The van der Waals surface area contributed by atoms with Gasteiger partial charge < -0.3 is 4.98 Å². The van der Waals surface area contributed by atoms with Crippen LogP contribution in [0.1, 0.15) is 42.3 Å². The lowest BCUT2D eigenvalue weighted by Gasteiger charge is -2.03. The molecule has 0 radical (unpaired) electrons. The van der Waals surface area contributed by atoms with Gasteiger partial charge in [0.2, 0.25) is 0 Å². The third kappa shape index (κ3) is 2.92. The molecule has 1 aromatic carbocycles. The third-order valence-corrected chi connectivity index (χ3v) is 3.21. The summed E-state index contributed by atoms with van der Waals surface area (Å²) in [5, 5.41) is 0.801. The minimum atomic E-state index is 0.545. The van der Waals surface area contributed by atoms with Gasteiger partial charge in [-0.25, -0.2) is 0 Å². The van der Waals surface area contributed by atoms with E-state index in [-0.39, 0.29) is 0 Å². The molecule has 0 unspecified atom stereocenters. The van der Waals surface area contributed by atoms with E-state index >= 15 is 0 Å². The Morgan fingerprint density at radius 2 is 2.00 bits per heavy atom. The van der Waals surface area contributed by atoms with E-state index in [1.165, 1.54) is 22.5 Å². The van der Waals surface area contributed by atoms with Crippen LogP contribution >= 0.6 is 11.6 Å². The number of aromatic amines is 1. The number of halogens is 1. The summed E-state index contributed by atoms with van der Waals surface area (Å²) in [5.41, 5.74) is 5.18. The molecule has 0 spiro atoms. The fourth-order valence-electron chi connectivity index (χ4n) is 2.21. The summed E-state index contributed by atoms with van der Waals surface area (Å²) in [6.45, 7) is 6.58. The highest BCUT2D eigenvalue weighted by atomic mass is 35.5. The van der Waals surface area contributed by atoms with Crippen LogP contribution in [0.3, 0.4) is 0 Å². The standard InChI is InChI=1S/C15H18ClN/c1-10(2)15-11(3)7-14(17-15)9-12-5-4-6-13(16)8-12/h4-8,10,17H,9H2,1-3H3. The van der Waals surface area contributed by atoms with Gasteiger partial charge in [-0.15, -0.1) is 0 Å². The maximum Gasteiger partial charge on any atom is 0.0408 e. The third-order valence-electron chi connectivity index (χ3n) is 2.97. The van der Waals surface area contributed by atoms with Crippen molar-refractivity contribution < 1.29 is 0 Å². The Balaban J connectivity index is 2.22. The Bertz CT molecular complexity index is 511. The molecule has 17 heavy (non-hydrogen) atoms. The fraction of sp³-hybridized carbons (Fsp3) is 0.333. The fourth-order valence-corrected chi connectivity index (χ4v) is 2.42. The summed E-state index contributed by atoms with van der Waals surface area (Å²) >= 11 is 5.99. The highest BCUT2D eigenvalue weighted by Crippen LogP contribution is 2.21. The van der Waals surface area contributed by atoms with Crippen LogP contribution in [0.2, 0.25) is 5.02 Å². The first-order valence-corrected chi connectivity index (χ1v) is 6.37. The maximum absolute atomic E-state index is 5.99. The molecular formula is C15H18ClN. The predicted octanol–water partition coefficient (Wildman–Crippen LogP) is 4.69. The van der Waals surface area contributed by atoms with Gasteiger partial charge in [-0.2, -0.15) is 0 Å². The lowest BCUT2D eigenvalue weighted by molar-refractivity contribution is 0.817. The molecule has 0 aliphatic heterocycles. The molecule has 0 amide bonds. The maximum atomic E-state index is 5.99. The van der Waals surface area contributed by atoms with Crippen LogP contribution < -0.4 is 0 Å². The first-order valence-electron chi connectivity index (χ1n) is 5.99. The summed E-state index contributed by atoms with van der Waals surface area (Å²) in [6, 6.07) is 10.3. The molecule has 0 saturated heterocycles. The lowest BCUT2D eigenvalue weighted by atomic mass is 10.1. The molecule has 0 atom stereocenters. The average Bonchev–Trinajstić information content (AvgIpc) is 2.59. The first-order chi connectivity index (χ1) is 8.06. The summed E-state index contributed by atoms with van der Waals surface area (Å²) < 4.78 is 0. The second kappa shape index (κ2) is 4.97. The Morgan fingerprint density at radius 1 is 1.24 bits per heavy atom. The van der Waals surface area contributed by atoms with Crippen LogP contribution in [0.25, 0.3) is 0 Å². The molecule has 0 aliphatic carbocycles. The van der Waals surface area contributed by atoms with Crippen LogP contribution in [-0.4, -0.2) is 4.98 Å². The second-order valence-electron chi connectivity index (χ2n) is 4.85. The number of hydrogen-bond donors (Lipinski definition) is 1. The van der Waals surface area contributed by atoms with E-state index in [9.17, 15) is 0 Å². The van der Waals surface area contributed by atoms with E-state index in [0.29, 0.717) is 5.92 Å². The number of aryl methyl sites for hydroxylation is 1. The van der Waals surface area contributed by atoms with E-state index in [2.05, 4.69) is 37.9 Å². The zero-order chi connectivity index (χ0) is 12.4. The van der Waals surface area contributed by atoms with Gasteiger partial charge in [0.25, 0.3) is 0 Å². The predicted molar refractivity (Wildman–Crippen MR) is 73.9 cm³/mol. The van der Waals surface area contributed by atoms with Gasteiger partial charge in [-0.05, 0) is 42.2 Å². The highest BCUT2D eigenvalue weighted by Gasteiger charge is 2.08. The Hall–Kier alpha value is -1.21. The van der Waals surface area contributed by atoms with Crippen molar-refractivity contribution in [1.29, 1.82) is 0 Å². The van der Waals surface area contributed by atoms with E-state index < -0.39 is 0 Å². The highest BCUT2D eigenvalue weighted by molar-refractivity contribution is 6.30. The SMILES string of the molecule is Cc1cc(Cc2cccc(Cl)c2)[nH]c1C(C)C. The van der Waals surface area contributed by atoms with Crippen molar-refractivity contribution in [3.8, 4) is 0 Å². The van der Waals surface area contributed by atoms with Crippen molar-refractivity contribution in [3.05, 3.63) is 57.9 Å². The van der Waals surface area contributed by atoms with Crippen molar-refractivity contribution in [2.75, 3.05) is 0 Å². The molecule has 2 rings (SSSR count). The lowest BCUT2D eigenvalue weighted by Crippen LogP contribution is -1.92. The van der Waals surface area contributed by atoms with Gasteiger partial charge >= 0.3 is 0 Å². The van der Waals surface area contributed by atoms with E-state index in [1.807, 2.05) is 18.2 Å².